The molecule has 6 nitrogen and oxygen atoms in total. The fraction of sp³-hybridized carbons (Fsp3) is 0.100. The second-order valence-electron chi connectivity index (χ2n) is 6.41. The number of hydrogen-bond donors (Lipinski definition) is 1. The van der Waals surface area contributed by atoms with E-state index in [0.29, 0.717) is 16.3 Å². The number of fused-ring (bicyclic) bond motifs is 1. The number of hydrazone groups is 1. The van der Waals surface area contributed by atoms with Gasteiger partial charge in [0, 0.05) is 0 Å². The van der Waals surface area contributed by atoms with E-state index in [-0.39, 0.29) is 34.9 Å². The lowest BCUT2D eigenvalue weighted by molar-refractivity contribution is -0.114. The zero-order valence-corrected chi connectivity index (χ0v) is 16.3. The molecule has 0 spiro atoms. The molecule has 0 saturated heterocycles. The number of alkyl halides is 3. The highest BCUT2D eigenvalue weighted by Gasteiger charge is 2.46. The van der Waals surface area contributed by atoms with Crippen molar-refractivity contribution in [3.8, 4) is 5.75 Å². The first-order chi connectivity index (χ1) is 14.7. The van der Waals surface area contributed by atoms with E-state index in [1.165, 1.54) is 18.2 Å². The summed E-state index contributed by atoms with van der Waals surface area (Å²) in [6.45, 7) is 0.230. The maximum absolute atomic E-state index is 12.9. The number of carbonyl (C=O) groups excluding carboxylic acids is 1. The zero-order chi connectivity index (χ0) is 22.2. The number of amidine groups is 2. The van der Waals surface area contributed by atoms with Crippen molar-refractivity contribution in [2.24, 2.45) is 10.1 Å². The lowest BCUT2D eigenvalue weighted by Gasteiger charge is -2.20. The third-order valence-electron chi connectivity index (χ3n) is 4.21. The van der Waals surface area contributed by atoms with E-state index >= 15 is 0 Å². The number of thioether (sulfide) groups is 1. The Bertz CT molecular complexity index is 1140. The zero-order valence-electron chi connectivity index (χ0n) is 15.5. The molecule has 2 aliphatic rings. The average molecular weight is 448 g/mol. The molecule has 2 heterocycles. The van der Waals surface area contributed by atoms with Crippen LogP contribution >= 0.6 is 11.8 Å². The van der Waals surface area contributed by atoms with Gasteiger partial charge in [-0.25, -0.2) is 4.39 Å². The largest absolute Gasteiger partial charge is 0.489 e. The maximum atomic E-state index is 12.9. The van der Waals surface area contributed by atoms with Crippen molar-refractivity contribution in [1.82, 2.24) is 5.01 Å². The Kier molecular flexibility index (Phi) is 5.36. The standard InChI is InChI=1S/C20H12F4N4O2S/c21-13-5-1-12(2-6-13)10-30-14-7-3-11(4-8-14)9-15-16(25)28-19(26-17(15)29)31-18(27-28)20(22,23)24/h1-9,25H,10H2/b15-9+,25-16?. The summed E-state index contributed by atoms with van der Waals surface area (Å²) in [5, 5.41) is 10.6. The second kappa shape index (κ2) is 7.99. The molecule has 158 valence electrons. The predicted molar refractivity (Wildman–Crippen MR) is 108 cm³/mol. The van der Waals surface area contributed by atoms with Crippen LogP contribution in [0.5, 0.6) is 5.75 Å². The van der Waals surface area contributed by atoms with E-state index in [4.69, 9.17) is 10.1 Å². The van der Waals surface area contributed by atoms with Gasteiger partial charge in [0.25, 0.3) is 5.91 Å². The molecule has 2 aromatic rings. The molecule has 0 atom stereocenters. The van der Waals surface area contributed by atoms with Gasteiger partial charge in [-0.2, -0.15) is 28.3 Å². The van der Waals surface area contributed by atoms with Crippen molar-refractivity contribution < 1.29 is 27.1 Å². The summed E-state index contributed by atoms with van der Waals surface area (Å²) in [7, 11) is 0. The first kappa shape index (κ1) is 20.8. The van der Waals surface area contributed by atoms with Crippen LogP contribution in [0.3, 0.4) is 0 Å². The first-order valence-corrected chi connectivity index (χ1v) is 9.57. The van der Waals surface area contributed by atoms with E-state index in [9.17, 15) is 22.4 Å². The van der Waals surface area contributed by atoms with Crippen LogP contribution in [0.4, 0.5) is 17.6 Å². The lowest BCUT2D eigenvalue weighted by Crippen LogP contribution is -2.35. The average Bonchev–Trinajstić information content (AvgIpc) is 3.16. The van der Waals surface area contributed by atoms with Crippen LogP contribution in [-0.2, 0) is 11.4 Å². The minimum absolute atomic E-state index is 0.184. The highest BCUT2D eigenvalue weighted by Crippen LogP contribution is 2.35. The molecule has 0 bridgehead atoms. The molecule has 1 N–H and O–H groups in total. The summed E-state index contributed by atoms with van der Waals surface area (Å²) in [4.78, 5) is 15.9. The smallest absolute Gasteiger partial charge is 0.441 e. The van der Waals surface area contributed by atoms with Gasteiger partial charge >= 0.3 is 6.18 Å². The quantitative estimate of drug-likeness (QED) is 0.549. The maximum Gasteiger partial charge on any atom is 0.441 e. The Morgan fingerprint density at radius 1 is 1.10 bits per heavy atom. The Balaban J connectivity index is 1.48. The number of aliphatic imine (C=N–C) groups is 1. The van der Waals surface area contributed by atoms with Crippen LogP contribution in [0.1, 0.15) is 11.1 Å². The monoisotopic (exact) mass is 448 g/mol. The van der Waals surface area contributed by atoms with Gasteiger partial charge in [-0.05, 0) is 53.2 Å². The Hall–Kier alpha value is -3.47. The SMILES string of the molecule is N=C1/C(=C\c2ccc(OCc3ccc(F)cc3)cc2)C(=O)N=C2SC(C(F)(F)F)=NN12. The van der Waals surface area contributed by atoms with Gasteiger partial charge in [-0.3, -0.25) is 10.2 Å². The number of carbonyl (C=O) groups is 1. The third kappa shape index (κ3) is 4.50. The lowest BCUT2D eigenvalue weighted by atomic mass is 10.1. The molecule has 2 aromatic carbocycles. The van der Waals surface area contributed by atoms with Crippen molar-refractivity contribution in [3.05, 3.63) is 71.0 Å². The molecular weight excluding hydrogens is 436 g/mol. The fourth-order valence-electron chi connectivity index (χ4n) is 2.68. The third-order valence-corrected chi connectivity index (χ3v) is 5.16. The minimum atomic E-state index is -4.69. The molecule has 2 aliphatic heterocycles. The second-order valence-corrected chi connectivity index (χ2v) is 7.36. The molecule has 0 aromatic heterocycles. The molecule has 1 amide bonds. The van der Waals surface area contributed by atoms with Crippen molar-refractivity contribution in [1.29, 1.82) is 5.41 Å². The van der Waals surface area contributed by atoms with Gasteiger partial charge < -0.3 is 4.74 Å². The van der Waals surface area contributed by atoms with Gasteiger partial charge in [0.05, 0.1) is 5.57 Å². The van der Waals surface area contributed by atoms with Crippen LogP contribution in [0.25, 0.3) is 6.08 Å². The van der Waals surface area contributed by atoms with E-state index < -0.39 is 23.0 Å². The summed E-state index contributed by atoms with van der Waals surface area (Å²) >= 11 is 0.198. The van der Waals surface area contributed by atoms with Crippen LogP contribution in [-0.4, -0.2) is 33.1 Å². The van der Waals surface area contributed by atoms with Crippen LogP contribution in [0, 0.1) is 11.2 Å². The summed E-state index contributed by atoms with van der Waals surface area (Å²) in [6, 6.07) is 12.4. The van der Waals surface area contributed by atoms with Gasteiger partial charge in [-0.15, -0.1) is 0 Å². The van der Waals surface area contributed by atoms with Crippen molar-refractivity contribution in [2.45, 2.75) is 12.8 Å². The van der Waals surface area contributed by atoms with Crippen LogP contribution in [0.15, 0.2) is 64.2 Å². The van der Waals surface area contributed by atoms with E-state index in [1.807, 2.05) is 0 Å². The number of rotatable bonds is 4. The molecule has 0 fully saturated rings. The van der Waals surface area contributed by atoms with Crippen molar-refractivity contribution >= 4 is 39.8 Å². The molecule has 0 saturated carbocycles. The highest BCUT2D eigenvalue weighted by atomic mass is 32.2. The van der Waals surface area contributed by atoms with E-state index in [2.05, 4.69) is 10.1 Å². The Morgan fingerprint density at radius 2 is 1.77 bits per heavy atom. The summed E-state index contributed by atoms with van der Waals surface area (Å²) < 4.78 is 57.1. The van der Waals surface area contributed by atoms with Gasteiger partial charge in [0.1, 0.15) is 18.2 Å². The minimum Gasteiger partial charge on any atom is -0.489 e. The number of amides is 1. The topological polar surface area (TPSA) is 78.1 Å². The number of nitrogens with zero attached hydrogens (tertiary/aromatic N) is 3. The van der Waals surface area contributed by atoms with Crippen molar-refractivity contribution in [3.63, 3.8) is 0 Å². The molecule has 31 heavy (non-hydrogen) atoms. The fourth-order valence-corrected chi connectivity index (χ4v) is 3.44. The summed E-state index contributed by atoms with van der Waals surface area (Å²) in [5.41, 5.74) is 1.12. The number of halogens is 4. The molecule has 11 heteroatoms. The van der Waals surface area contributed by atoms with E-state index in [0.717, 1.165) is 5.56 Å². The van der Waals surface area contributed by atoms with Gasteiger partial charge in [-0.1, -0.05) is 24.3 Å². The van der Waals surface area contributed by atoms with Crippen LogP contribution < -0.4 is 4.74 Å². The molecule has 0 aliphatic carbocycles. The highest BCUT2D eigenvalue weighted by molar-refractivity contribution is 8.27. The van der Waals surface area contributed by atoms with Gasteiger partial charge in [0.2, 0.25) is 10.2 Å². The predicted octanol–water partition coefficient (Wildman–Crippen LogP) is 4.59. The van der Waals surface area contributed by atoms with E-state index in [1.54, 1.807) is 36.4 Å². The van der Waals surface area contributed by atoms with Gasteiger partial charge in [0.15, 0.2) is 5.84 Å². The normalized spacial score (nSPS) is 17.5. The van der Waals surface area contributed by atoms with Crippen LogP contribution in [0.2, 0.25) is 0 Å². The number of ether oxygens (including phenoxy) is 1. The Labute approximate surface area is 177 Å². The molecular formula is C20H12F4N4O2S. The summed E-state index contributed by atoms with van der Waals surface area (Å²) in [5.74, 6) is -1.13. The molecule has 4 rings (SSSR count). The van der Waals surface area contributed by atoms with Crippen molar-refractivity contribution in [2.75, 3.05) is 0 Å². The molecule has 0 radical (unpaired) electrons. The Morgan fingerprint density at radius 3 is 2.42 bits per heavy atom. The number of nitrogens with one attached hydrogen (secondary N) is 1. The first-order valence-electron chi connectivity index (χ1n) is 8.75. The summed E-state index contributed by atoms with van der Waals surface area (Å²) in [6.07, 6.45) is -3.35. The number of benzene rings is 2. The number of hydrogen-bond acceptors (Lipinski definition) is 5. The molecule has 0 unspecified atom stereocenters.